The largest absolute Gasteiger partial charge is 0.385 e. The van der Waals surface area contributed by atoms with Crippen LogP contribution in [0.2, 0.25) is 0 Å². The number of anilines is 1. The third-order valence-electron chi connectivity index (χ3n) is 3.02. The van der Waals surface area contributed by atoms with E-state index in [1.807, 2.05) is 0 Å². The number of benzene rings is 1. The molecule has 1 aliphatic carbocycles. The van der Waals surface area contributed by atoms with Crippen molar-refractivity contribution in [2.24, 2.45) is 5.73 Å². The van der Waals surface area contributed by atoms with Crippen molar-refractivity contribution in [3.63, 3.8) is 0 Å². The molecule has 0 bridgehead atoms. The second kappa shape index (κ2) is 6.36. The van der Waals surface area contributed by atoms with Crippen molar-refractivity contribution < 1.29 is 8.42 Å². The molecule has 0 aliphatic heterocycles. The van der Waals surface area contributed by atoms with Gasteiger partial charge in [0.2, 0.25) is 10.0 Å². The highest BCUT2D eigenvalue weighted by molar-refractivity contribution is 7.89. The van der Waals surface area contributed by atoms with Gasteiger partial charge < -0.3 is 11.1 Å². The lowest BCUT2D eigenvalue weighted by Crippen LogP contribution is -2.25. The van der Waals surface area contributed by atoms with Crippen LogP contribution in [0.25, 0.3) is 0 Å². The summed E-state index contributed by atoms with van der Waals surface area (Å²) in [5, 5.41) is 3.24. The third-order valence-corrected chi connectivity index (χ3v) is 4.56. The zero-order valence-electron chi connectivity index (χ0n) is 10.9. The molecule has 0 atom stereocenters. The fourth-order valence-electron chi connectivity index (χ4n) is 1.74. The summed E-state index contributed by atoms with van der Waals surface area (Å²) in [6.07, 6.45) is 3.89. The summed E-state index contributed by atoms with van der Waals surface area (Å²) in [7, 11) is -3.34. The monoisotopic (exact) mass is 283 g/mol. The molecule has 1 saturated carbocycles. The molecule has 0 unspecified atom stereocenters. The zero-order valence-corrected chi connectivity index (χ0v) is 11.7. The third kappa shape index (κ3) is 4.49. The first-order valence-electron chi connectivity index (χ1n) is 6.68. The number of nitrogens with two attached hydrogens (primary N) is 1. The molecule has 1 fully saturated rings. The first kappa shape index (κ1) is 14.3. The Morgan fingerprint density at radius 3 is 2.42 bits per heavy atom. The van der Waals surface area contributed by atoms with Crippen LogP contribution in [0.15, 0.2) is 29.2 Å². The van der Waals surface area contributed by atoms with Gasteiger partial charge in [0.15, 0.2) is 0 Å². The van der Waals surface area contributed by atoms with Crippen LogP contribution in [-0.2, 0) is 10.0 Å². The highest BCUT2D eigenvalue weighted by Gasteiger charge is 2.27. The van der Waals surface area contributed by atoms with Crippen LogP contribution in [0.1, 0.15) is 25.7 Å². The Morgan fingerprint density at radius 2 is 1.84 bits per heavy atom. The van der Waals surface area contributed by atoms with E-state index in [1.54, 1.807) is 24.3 Å². The molecule has 0 amide bonds. The number of sulfonamides is 1. The molecule has 1 aliphatic rings. The van der Waals surface area contributed by atoms with Gasteiger partial charge in [-0.2, -0.15) is 0 Å². The average molecular weight is 283 g/mol. The van der Waals surface area contributed by atoms with Gasteiger partial charge in [-0.25, -0.2) is 13.1 Å². The lowest BCUT2D eigenvalue weighted by Gasteiger charge is -2.08. The van der Waals surface area contributed by atoms with Gasteiger partial charge in [0.1, 0.15) is 0 Å². The van der Waals surface area contributed by atoms with Gasteiger partial charge in [-0.05, 0) is 56.5 Å². The Bertz CT molecular complexity index is 495. The van der Waals surface area contributed by atoms with Crippen LogP contribution < -0.4 is 15.8 Å². The number of hydrogen-bond acceptors (Lipinski definition) is 4. The number of unbranched alkanes of at least 4 members (excludes halogenated alkanes) is 1. The number of hydrogen-bond donors (Lipinski definition) is 3. The van der Waals surface area contributed by atoms with Crippen LogP contribution in [-0.4, -0.2) is 27.5 Å². The quantitative estimate of drug-likeness (QED) is 0.627. The summed E-state index contributed by atoms with van der Waals surface area (Å²) in [5.41, 5.74) is 6.35. The van der Waals surface area contributed by atoms with Gasteiger partial charge in [0, 0.05) is 18.3 Å². The number of rotatable bonds is 8. The molecule has 4 N–H and O–H groups in total. The molecule has 106 valence electrons. The smallest absolute Gasteiger partial charge is 0.240 e. The maximum absolute atomic E-state index is 11.9. The summed E-state index contributed by atoms with van der Waals surface area (Å²) in [4.78, 5) is 0.326. The second-order valence-electron chi connectivity index (χ2n) is 4.84. The van der Waals surface area contributed by atoms with Crippen molar-refractivity contribution in [3.8, 4) is 0 Å². The van der Waals surface area contributed by atoms with Crippen LogP contribution in [0.3, 0.4) is 0 Å². The average Bonchev–Trinajstić information content (AvgIpc) is 3.18. The van der Waals surface area contributed by atoms with E-state index in [0.29, 0.717) is 11.4 Å². The second-order valence-corrected chi connectivity index (χ2v) is 6.56. The number of nitrogens with one attached hydrogen (secondary N) is 2. The van der Waals surface area contributed by atoms with Crippen molar-refractivity contribution >= 4 is 15.7 Å². The zero-order chi connectivity index (χ0) is 13.7. The molecule has 6 heteroatoms. The van der Waals surface area contributed by atoms with E-state index in [4.69, 9.17) is 5.73 Å². The normalized spacial score (nSPS) is 15.4. The van der Waals surface area contributed by atoms with Gasteiger partial charge in [-0.3, -0.25) is 0 Å². The van der Waals surface area contributed by atoms with E-state index in [1.165, 1.54) is 0 Å². The fourth-order valence-corrected chi connectivity index (χ4v) is 3.05. The summed E-state index contributed by atoms with van der Waals surface area (Å²) in [6, 6.07) is 7.00. The molecular weight excluding hydrogens is 262 g/mol. The molecular formula is C13H21N3O2S. The maximum atomic E-state index is 11.9. The van der Waals surface area contributed by atoms with Gasteiger partial charge in [0.05, 0.1) is 4.90 Å². The molecule has 0 spiro atoms. The molecule has 5 nitrogen and oxygen atoms in total. The maximum Gasteiger partial charge on any atom is 0.240 e. The molecule has 2 rings (SSSR count). The van der Waals surface area contributed by atoms with Crippen LogP contribution in [0.4, 0.5) is 5.69 Å². The molecule has 0 radical (unpaired) electrons. The lowest BCUT2D eigenvalue weighted by molar-refractivity contribution is 0.581. The Hall–Kier alpha value is -1.11. The summed E-state index contributed by atoms with van der Waals surface area (Å²) >= 11 is 0. The molecule has 1 aromatic carbocycles. The first-order chi connectivity index (χ1) is 9.12. The Labute approximate surface area is 114 Å². The molecule has 0 aromatic heterocycles. The summed E-state index contributed by atoms with van der Waals surface area (Å²) < 4.78 is 26.6. The molecule has 1 aromatic rings. The minimum atomic E-state index is -3.34. The van der Waals surface area contributed by atoms with Crippen LogP contribution in [0.5, 0.6) is 0 Å². The Balaban J connectivity index is 1.90. The van der Waals surface area contributed by atoms with Crippen LogP contribution >= 0.6 is 0 Å². The predicted molar refractivity (Wildman–Crippen MR) is 76.6 cm³/mol. The van der Waals surface area contributed by atoms with Crippen molar-refractivity contribution in [1.29, 1.82) is 0 Å². The van der Waals surface area contributed by atoms with Gasteiger partial charge >= 0.3 is 0 Å². The first-order valence-corrected chi connectivity index (χ1v) is 8.16. The Kier molecular flexibility index (Phi) is 4.79. The Morgan fingerprint density at radius 1 is 1.16 bits per heavy atom. The highest BCUT2D eigenvalue weighted by Crippen LogP contribution is 2.22. The van der Waals surface area contributed by atoms with Gasteiger partial charge in [-0.1, -0.05) is 0 Å². The topological polar surface area (TPSA) is 84.2 Å². The van der Waals surface area contributed by atoms with E-state index < -0.39 is 10.0 Å². The standard InChI is InChI=1S/C13H21N3O2S/c14-9-1-2-10-15-11-5-7-13(8-6-11)19(17,18)16-12-3-4-12/h5-8,12,15-16H,1-4,9-10,14H2. The lowest BCUT2D eigenvalue weighted by atomic mass is 10.3. The summed E-state index contributed by atoms with van der Waals surface area (Å²) in [6.45, 7) is 1.55. The molecule has 19 heavy (non-hydrogen) atoms. The van der Waals surface area contributed by atoms with E-state index in [0.717, 1.165) is 37.9 Å². The molecule has 0 heterocycles. The van der Waals surface area contributed by atoms with Gasteiger partial charge in [-0.15, -0.1) is 0 Å². The van der Waals surface area contributed by atoms with E-state index in [9.17, 15) is 8.42 Å². The highest BCUT2D eigenvalue weighted by atomic mass is 32.2. The van der Waals surface area contributed by atoms with E-state index in [-0.39, 0.29) is 6.04 Å². The van der Waals surface area contributed by atoms with Crippen molar-refractivity contribution in [2.75, 3.05) is 18.4 Å². The predicted octanol–water partition coefficient (Wildman–Crippen LogP) is 1.28. The van der Waals surface area contributed by atoms with E-state index in [2.05, 4.69) is 10.0 Å². The summed E-state index contributed by atoms with van der Waals surface area (Å²) in [5.74, 6) is 0. The molecule has 0 saturated heterocycles. The van der Waals surface area contributed by atoms with E-state index >= 15 is 0 Å². The van der Waals surface area contributed by atoms with Crippen LogP contribution in [0, 0.1) is 0 Å². The SMILES string of the molecule is NCCCCNc1ccc(S(=O)(=O)NC2CC2)cc1. The van der Waals surface area contributed by atoms with Gasteiger partial charge in [0.25, 0.3) is 0 Å². The van der Waals surface area contributed by atoms with Crippen molar-refractivity contribution in [3.05, 3.63) is 24.3 Å². The minimum absolute atomic E-state index is 0.138. The minimum Gasteiger partial charge on any atom is -0.385 e. The fraction of sp³-hybridized carbons (Fsp3) is 0.538. The van der Waals surface area contributed by atoms with Crippen molar-refractivity contribution in [2.45, 2.75) is 36.6 Å². The van der Waals surface area contributed by atoms with Crippen molar-refractivity contribution in [1.82, 2.24) is 4.72 Å².